The van der Waals surface area contributed by atoms with Gasteiger partial charge in [-0.15, -0.1) is 29.1 Å². The van der Waals surface area contributed by atoms with Crippen LogP contribution in [0, 0.1) is 6.07 Å². The monoisotopic (exact) mass is 448 g/mol. The van der Waals surface area contributed by atoms with Crippen molar-refractivity contribution < 1.29 is 20.1 Å². The Morgan fingerprint density at radius 2 is 1.57 bits per heavy atom. The second-order valence-electron chi connectivity index (χ2n) is 4.72. The summed E-state index contributed by atoms with van der Waals surface area (Å²) >= 11 is 0. The summed E-state index contributed by atoms with van der Waals surface area (Å²) in [5, 5.41) is 3.44. The van der Waals surface area contributed by atoms with Crippen LogP contribution < -0.4 is 0 Å². The number of aromatic nitrogens is 2. The van der Waals surface area contributed by atoms with Crippen molar-refractivity contribution in [1.29, 1.82) is 0 Å². The van der Waals surface area contributed by atoms with E-state index in [2.05, 4.69) is 34.2 Å². The Morgan fingerprint density at radius 3 is 2.48 bits per heavy atom. The Kier molecular flexibility index (Phi) is 3.78. The van der Waals surface area contributed by atoms with Crippen LogP contribution >= 0.6 is 0 Å². The largest absolute Gasteiger partial charge is 0.285 e. The third-order valence-corrected chi connectivity index (χ3v) is 3.48. The van der Waals surface area contributed by atoms with Gasteiger partial charge in [0.05, 0.1) is 5.52 Å². The van der Waals surface area contributed by atoms with E-state index in [4.69, 9.17) is 0 Å². The normalized spacial score (nSPS) is 10.5. The van der Waals surface area contributed by atoms with E-state index in [9.17, 15) is 0 Å². The van der Waals surface area contributed by atoms with Crippen LogP contribution in [0.4, 0.5) is 0 Å². The van der Waals surface area contributed by atoms with E-state index in [0.29, 0.717) is 0 Å². The minimum Gasteiger partial charge on any atom is -0.285 e. The molecule has 0 unspecified atom stereocenters. The van der Waals surface area contributed by atoms with Gasteiger partial charge in [-0.1, -0.05) is 47.9 Å². The van der Waals surface area contributed by atoms with E-state index < -0.39 is 0 Å². The van der Waals surface area contributed by atoms with Gasteiger partial charge in [-0.3, -0.25) is 4.98 Å². The van der Waals surface area contributed by atoms with Crippen molar-refractivity contribution >= 4 is 21.7 Å². The molecule has 0 aliphatic heterocycles. The summed E-state index contributed by atoms with van der Waals surface area (Å²) in [7, 11) is 0. The average Bonchev–Trinajstić information content (AvgIpc) is 2.54. The molecule has 0 fully saturated rings. The molecule has 1 radical (unpaired) electrons. The number of hydrogen-bond acceptors (Lipinski definition) is 2. The smallest absolute Gasteiger partial charge is 0.106 e. The molecule has 1 aromatic heterocycles. The van der Waals surface area contributed by atoms with Crippen LogP contribution in [0.5, 0.6) is 0 Å². The number of rotatable bonds is 1. The van der Waals surface area contributed by atoms with E-state index in [1.54, 1.807) is 6.33 Å². The molecule has 0 spiro atoms. The van der Waals surface area contributed by atoms with Gasteiger partial charge >= 0.3 is 0 Å². The molecule has 3 heteroatoms. The molecule has 103 valence electrons. The number of hydrogen-bond donors (Lipinski definition) is 0. The maximum absolute atomic E-state index is 4.44. The summed E-state index contributed by atoms with van der Waals surface area (Å²) in [5.74, 6) is 0. The molecule has 3 aromatic carbocycles. The minimum absolute atomic E-state index is 0. The predicted molar refractivity (Wildman–Crippen MR) is 81.3 cm³/mol. The van der Waals surface area contributed by atoms with Gasteiger partial charge in [0.1, 0.15) is 6.33 Å². The third-order valence-electron chi connectivity index (χ3n) is 3.48. The summed E-state index contributed by atoms with van der Waals surface area (Å²) in [5.41, 5.74) is 2.89. The quantitative estimate of drug-likeness (QED) is 0.408. The molecule has 0 amide bonds. The van der Waals surface area contributed by atoms with Crippen molar-refractivity contribution in [2.24, 2.45) is 0 Å². The molecule has 4 rings (SSSR count). The van der Waals surface area contributed by atoms with Gasteiger partial charge < -0.3 is 0 Å². The third kappa shape index (κ3) is 2.46. The molecule has 0 saturated heterocycles. The Balaban J connectivity index is 0.00000132. The fourth-order valence-corrected chi connectivity index (χ4v) is 2.48. The van der Waals surface area contributed by atoms with Crippen molar-refractivity contribution in [3.05, 3.63) is 73.1 Å². The fourth-order valence-electron chi connectivity index (χ4n) is 2.48. The first-order chi connectivity index (χ1) is 9.92. The molecule has 0 aliphatic carbocycles. The van der Waals surface area contributed by atoms with Crippen LogP contribution in [0.1, 0.15) is 0 Å². The van der Waals surface area contributed by atoms with Crippen molar-refractivity contribution in [3.63, 3.8) is 0 Å². The molecule has 0 N–H and O–H groups in total. The van der Waals surface area contributed by atoms with Crippen molar-refractivity contribution in [1.82, 2.24) is 9.97 Å². The number of nitrogens with zero attached hydrogens (tertiary/aromatic N) is 2. The number of fused-ring (bicyclic) bond motifs is 2. The van der Waals surface area contributed by atoms with Crippen LogP contribution in [0.3, 0.4) is 0 Å². The summed E-state index contributed by atoms with van der Waals surface area (Å²) in [6, 6.07) is 23.8. The van der Waals surface area contributed by atoms with E-state index in [1.165, 1.54) is 10.8 Å². The van der Waals surface area contributed by atoms with Gasteiger partial charge in [-0.25, -0.2) is 4.98 Å². The summed E-state index contributed by atoms with van der Waals surface area (Å²) < 4.78 is 0. The van der Waals surface area contributed by atoms with Crippen LogP contribution in [-0.4, -0.2) is 9.97 Å². The Labute approximate surface area is 136 Å². The topological polar surface area (TPSA) is 25.8 Å². The molecule has 0 bridgehead atoms. The minimum atomic E-state index is 0. The number of para-hydroxylation sites is 1. The van der Waals surface area contributed by atoms with Gasteiger partial charge in [0, 0.05) is 20.1 Å². The zero-order valence-corrected chi connectivity index (χ0v) is 13.5. The molecule has 0 aliphatic rings. The van der Waals surface area contributed by atoms with Gasteiger partial charge in [-0.05, 0) is 17.1 Å². The van der Waals surface area contributed by atoms with Crippen molar-refractivity contribution in [2.45, 2.75) is 0 Å². The Bertz CT molecular complexity index is 913. The zero-order chi connectivity index (χ0) is 13.4. The molecule has 21 heavy (non-hydrogen) atoms. The summed E-state index contributed by atoms with van der Waals surface area (Å²) in [6.45, 7) is 0. The molecule has 1 heterocycles. The first-order valence-corrected chi connectivity index (χ1v) is 6.52. The van der Waals surface area contributed by atoms with Crippen molar-refractivity contribution in [2.75, 3.05) is 0 Å². The van der Waals surface area contributed by atoms with Gasteiger partial charge in [0.2, 0.25) is 0 Å². The van der Waals surface area contributed by atoms with E-state index in [-0.39, 0.29) is 20.1 Å². The van der Waals surface area contributed by atoms with E-state index in [0.717, 1.165) is 22.2 Å². The van der Waals surface area contributed by atoms with E-state index >= 15 is 0 Å². The first-order valence-electron chi connectivity index (χ1n) is 6.52. The average molecular weight is 448 g/mol. The molecular formula is C18H11IrN2-. The van der Waals surface area contributed by atoms with Crippen LogP contribution in [0.2, 0.25) is 0 Å². The maximum Gasteiger partial charge on any atom is 0.106 e. The second-order valence-corrected chi connectivity index (χ2v) is 4.72. The molecule has 2 nitrogen and oxygen atoms in total. The van der Waals surface area contributed by atoms with Gasteiger partial charge in [0.15, 0.2) is 0 Å². The van der Waals surface area contributed by atoms with Crippen LogP contribution in [-0.2, 0) is 20.1 Å². The van der Waals surface area contributed by atoms with E-state index in [1.807, 2.05) is 42.5 Å². The Morgan fingerprint density at radius 1 is 0.810 bits per heavy atom. The SMILES string of the molecule is [Ir].[c-]1cc2ccccc2cc1-c1ncnc2ccccc12. The summed E-state index contributed by atoms with van der Waals surface area (Å²) in [6.07, 6.45) is 1.61. The zero-order valence-electron chi connectivity index (χ0n) is 11.1. The standard InChI is InChI=1S/C18H11N2.Ir/c1-2-6-14-11-15(10-9-13(14)5-1)18-16-7-3-4-8-17(16)19-12-20-18;/h1-9,11-12H;/q-1;. The van der Waals surface area contributed by atoms with Crippen LogP contribution in [0.25, 0.3) is 32.9 Å². The summed E-state index contributed by atoms with van der Waals surface area (Å²) in [4.78, 5) is 8.75. The second kappa shape index (κ2) is 5.72. The fraction of sp³-hybridized carbons (Fsp3) is 0. The molecular weight excluding hydrogens is 436 g/mol. The predicted octanol–water partition coefficient (Wildman–Crippen LogP) is 4.25. The maximum atomic E-state index is 4.44. The number of benzene rings is 3. The molecule has 0 saturated carbocycles. The van der Waals surface area contributed by atoms with Gasteiger partial charge in [-0.2, -0.15) is 0 Å². The van der Waals surface area contributed by atoms with Crippen LogP contribution in [0.15, 0.2) is 67.0 Å². The molecule has 0 atom stereocenters. The molecule has 4 aromatic rings. The first kappa shape index (κ1) is 13.9. The van der Waals surface area contributed by atoms with Gasteiger partial charge in [0.25, 0.3) is 0 Å². The Hall–Kier alpha value is -2.09. The van der Waals surface area contributed by atoms with Crippen molar-refractivity contribution in [3.8, 4) is 11.3 Å².